The van der Waals surface area contributed by atoms with Crippen molar-refractivity contribution in [3.63, 3.8) is 0 Å². The normalized spacial score (nSPS) is 15.4. The monoisotopic (exact) mass is 457 g/mol. The smallest absolute Gasteiger partial charge is 0.320 e. The van der Waals surface area contributed by atoms with E-state index in [0.29, 0.717) is 33.5 Å². The molecule has 1 aliphatic rings. The standard InChI is InChI=1S/C19H19N7O3S2/c1-21-18(29)26-19-25-15(20)14(31-19)17-24-12(8-30-17)9-3-2-4-10(7-9)22-16(28)11-5-6-13(27)23-11/h2-4,7-8,11H,5-6,20H2,1H3,(H,22,28)(H,23,27)(H2,21,25,26,29)/t11-/m0/s1. The van der Waals surface area contributed by atoms with Crippen molar-refractivity contribution in [1.29, 1.82) is 0 Å². The van der Waals surface area contributed by atoms with Gasteiger partial charge in [-0.3, -0.25) is 14.9 Å². The van der Waals surface area contributed by atoms with Crippen LogP contribution in [0.4, 0.5) is 21.4 Å². The number of amides is 4. The number of anilines is 3. The summed E-state index contributed by atoms with van der Waals surface area (Å²) in [6.07, 6.45) is 0.855. The fraction of sp³-hybridized carbons (Fsp3) is 0.211. The van der Waals surface area contributed by atoms with Crippen LogP contribution in [0.1, 0.15) is 12.8 Å². The van der Waals surface area contributed by atoms with E-state index in [2.05, 4.69) is 31.2 Å². The van der Waals surface area contributed by atoms with Gasteiger partial charge in [0.1, 0.15) is 21.7 Å². The molecule has 0 saturated carbocycles. The molecular weight excluding hydrogens is 438 g/mol. The Morgan fingerprint density at radius 1 is 1.26 bits per heavy atom. The molecule has 31 heavy (non-hydrogen) atoms. The summed E-state index contributed by atoms with van der Waals surface area (Å²) in [6.45, 7) is 0. The Balaban J connectivity index is 1.50. The minimum Gasteiger partial charge on any atom is -0.382 e. The summed E-state index contributed by atoms with van der Waals surface area (Å²) < 4.78 is 0. The van der Waals surface area contributed by atoms with E-state index in [1.165, 1.54) is 29.7 Å². The zero-order valence-electron chi connectivity index (χ0n) is 16.4. The molecule has 0 aliphatic carbocycles. The summed E-state index contributed by atoms with van der Waals surface area (Å²) in [7, 11) is 1.51. The summed E-state index contributed by atoms with van der Waals surface area (Å²) in [5.74, 6) is -0.0626. The van der Waals surface area contributed by atoms with Gasteiger partial charge in [0.15, 0.2) is 5.13 Å². The van der Waals surface area contributed by atoms with E-state index in [4.69, 9.17) is 5.73 Å². The van der Waals surface area contributed by atoms with Crippen LogP contribution in [-0.4, -0.2) is 40.9 Å². The second-order valence-corrected chi connectivity index (χ2v) is 8.56. The van der Waals surface area contributed by atoms with Gasteiger partial charge in [-0.2, -0.15) is 0 Å². The highest BCUT2D eigenvalue weighted by molar-refractivity contribution is 7.23. The summed E-state index contributed by atoms with van der Waals surface area (Å²) in [4.78, 5) is 44.6. The van der Waals surface area contributed by atoms with Gasteiger partial charge in [-0.15, -0.1) is 11.3 Å². The Morgan fingerprint density at radius 2 is 2.10 bits per heavy atom. The van der Waals surface area contributed by atoms with Crippen LogP contribution in [0.2, 0.25) is 0 Å². The molecule has 4 rings (SSSR count). The van der Waals surface area contributed by atoms with Gasteiger partial charge in [-0.05, 0) is 18.6 Å². The Morgan fingerprint density at radius 3 is 2.84 bits per heavy atom. The van der Waals surface area contributed by atoms with Crippen molar-refractivity contribution in [2.45, 2.75) is 18.9 Å². The average molecular weight is 458 g/mol. The third-order valence-electron chi connectivity index (χ3n) is 4.54. The highest BCUT2D eigenvalue weighted by Gasteiger charge is 2.27. The quantitative estimate of drug-likeness (QED) is 0.397. The maximum Gasteiger partial charge on any atom is 0.320 e. The van der Waals surface area contributed by atoms with Gasteiger partial charge in [0, 0.05) is 30.1 Å². The summed E-state index contributed by atoms with van der Waals surface area (Å²) >= 11 is 2.65. The molecule has 0 radical (unpaired) electrons. The molecule has 3 aromatic rings. The second kappa shape index (κ2) is 8.70. The number of hydrogen-bond donors (Lipinski definition) is 5. The number of aromatic nitrogens is 2. The van der Waals surface area contributed by atoms with Crippen molar-refractivity contribution in [3.8, 4) is 21.1 Å². The first-order valence-corrected chi connectivity index (χ1v) is 11.0. The Hall–Kier alpha value is -3.51. The number of urea groups is 1. The number of carbonyl (C=O) groups excluding carboxylic acids is 3. The number of nitrogens with one attached hydrogen (secondary N) is 4. The molecule has 1 fully saturated rings. The van der Waals surface area contributed by atoms with Crippen molar-refractivity contribution in [3.05, 3.63) is 29.6 Å². The molecule has 12 heteroatoms. The molecule has 3 heterocycles. The summed E-state index contributed by atoms with van der Waals surface area (Å²) in [5.41, 5.74) is 8.16. The first-order chi connectivity index (χ1) is 14.9. The molecule has 2 aromatic heterocycles. The molecular formula is C19H19N7O3S2. The Bertz CT molecular complexity index is 1160. The SMILES string of the molecule is CNC(=O)Nc1nc(N)c(-c2nc(-c3cccc(NC(=O)[C@@H]4CCC(=O)N4)c3)cs2)s1. The number of nitrogen functional groups attached to an aromatic ring is 1. The summed E-state index contributed by atoms with van der Waals surface area (Å²) in [6, 6.07) is 6.43. The predicted molar refractivity (Wildman–Crippen MR) is 121 cm³/mol. The van der Waals surface area contributed by atoms with Gasteiger partial charge in [0.25, 0.3) is 0 Å². The van der Waals surface area contributed by atoms with Crippen LogP contribution in [-0.2, 0) is 9.59 Å². The fourth-order valence-electron chi connectivity index (χ4n) is 3.01. The first-order valence-electron chi connectivity index (χ1n) is 9.34. The van der Waals surface area contributed by atoms with E-state index in [9.17, 15) is 14.4 Å². The lowest BCUT2D eigenvalue weighted by Crippen LogP contribution is -2.37. The third kappa shape index (κ3) is 4.64. The topological polar surface area (TPSA) is 151 Å². The average Bonchev–Trinajstić information content (AvgIpc) is 3.48. The molecule has 6 N–H and O–H groups in total. The number of benzene rings is 1. The van der Waals surface area contributed by atoms with Crippen LogP contribution in [0.3, 0.4) is 0 Å². The van der Waals surface area contributed by atoms with E-state index < -0.39 is 6.04 Å². The van der Waals surface area contributed by atoms with Crippen molar-refractivity contribution in [2.24, 2.45) is 0 Å². The Labute approximate surface area is 185 Å². The highest BCUT2D eigenvalue weighted by Crippen LogP contribution is 2.38. The number of hydrogen-bond acceptors (Lipinski definition) is 8. The van der Waals surface area contributed by atoms with Gasteiger partial charge in [-0.25, -0.2) is 14.8 Å². The van der Waals surface area contributed by atoms with Crippen LogP contribution in [0.15, 0.2) is 29.6 Å². The van der Waals surface area contributed by atoms with Crippen molar-refractivity contribution < 1.29 is 14.4 Å². The molecule has 0 unspecified atom stereocenters. The molecule has 0 bridgehead atoms. The van der Waals surface area contributed by atoms with Crippen molar-refractivity contribution >= 4 is 57.2 Å². The van der Waals surface area contributed by atoms with Crippen LogP contribution < -0.4 is 27.0 Å². The minimum absolute atomic E-state index is 0.111. The number of nitrogens with two attached hydrogens (primary N) is 1. The lowest BCUT2D eigenvalue weighted by atomic mass is 10.1. The number of nitrogens with zero attached hydrogens (tertiary/aromatic N) is 2. The van der Waals surface area contributed by atoms with Gasteiger partial charge < -0.3 is 21.7 Å². The van der Waals surface area contributed by atoms with Crippen molar-refractivity contribution in [2.75, 3.05) is 23.4 Å². The lowest BCUT2D eigenvalue weighted by Gasteiger charge is -2.11. The predicted octanol–water partition coefficient (Wildman–Crippen LogP) is 2.48. The molecule has 1 aromatic carbocycles. The first kappa shape index (κ1) is 20.8. The van der Waals surface area contributed by atoms with Gasteiger partial charge in [0.2, 0.25) is 11.8 Å². The molecule has 1 saturated heterocycles. The minimum atomic E-state index is -0.506. The van der Waals surface area contributed by atoms with Crippen molar-refractivity contribution in [1.82, 2.24) is 20.6 Å². The van der Waals surface area contributed by atoms with E-state index in [0.717, 1.165) is 11.3 Å². The summed E-state index contributed by atoms with van der Waals surface area (Å²) in [5, 5.41) is 13.5. The molecule has 160 valence electrons. The zero-order chi connectivity index (χ0) is 22.0. The van der Waals surface area contributed by atoms with E-state index in [-0.39, 0.29) is 23.7 Å². The van der Waals surface area contributed by atoms with Gasteiger partial charge in [0.05, 0.1) is 5.69 Å². The molecule has 10 nitrogen and oxygen atoms in total. The Kier molecular flexibility index (Phi) is 5.82. The second-order valence-electron chi connectivity index (χ2n) is 6.70. The number of rotatable bonds is 5. The largest absolute Gasteiger partial charge is 0.382 e. The lowest BCUT2D eigenvalue weighted by molar-refractivity contribution is -0.122. The number of thiazole rings is 2. The van der Waals surface area contributed by atoms with Crippen LogP contribution in [0, 0.1) is 0 Å². The van der Waals surface area contributed by atoms with E-state index in [1.54, 1.807) is 6.07 Å². The fourth-order valence-corrected chi connectivity index (χ4v) is 4.81. The van der Waals surface area contributed by atoms with Gasteiger partial charge >= 0.3 is 6.03 Å². The molecule has 1 atom stereocenters. The van der Waals surface area contributed by atoms with Gasteiger partial charge in [-0.1, -0.05) is 23.5 Å². The molecule has 0 spiro atoms. The maximum absolute atomic E-state index is 12.3. The number of carbonyl (C=O) groups is 3. The van der Waals surface area contributed by atoms with Crippen LogP contribution >= 0.6 is 22.7 Å². The molecule has 4 amide bonds. The van der Waals surface area contributed by atoms with E-state index in [1.807, 2.05) is 23.6 Å². The van der Waals surface area contributed by atoms with Crippen LogP contribution in [0.25, 0.3) is 21.1 Å². The zero-order valence-corrected chi connectivity index (χ0v) is 18.0. The molecule has 1 aliphatic heterocycles. The maximum atomic E-state index is 12.3. The highest BCUT2D eigenvalue weighted by atomic mass is 32.1. The van der Waals surface area contributed by atoms with Crippen LogP contribution in [0.5, 0.6) is 0 Å². The van der Waals surface area contributed by atoms with E-state index >= 15 is 0 Å². The third-order valence-corrected chi connectivity index (χ3v) is 6.52.